The number of nitrogens with one attached hydrogen (secondary N) is 1. The van der Waals surface area contributed by atoms with Crippen molar-refractivity contribution in [1.82, 2.24) is 10.2 Å². The Morgan fingerprint density at radius 3 is 2.44 bits per heavy atom. The minimum Gasteiger partial charge on any atom is -0.390 e. The molecule has 0 spiro atoms. The van der Waals surface area contributed by atoms with Crippen molar-refractivity contribution in [3.8, 4) is 0 Å². The second-order valence-electron chi connectivity index (χ2n) is 9.59. The van der Waals surface area contributed by atoms with Crippen LogP contribution in [0.2, 0.25) is 0 Å². The van der Waals surface area contributed by atoms with Crippen molar-refractivity contribution in [2.24, 2.45) is 5.16 Å². The van der Waals surface area contributed by atoms with Gasteiger partial charge in [-0.15, -0.1) is 0 Å². The van der Waals surface area contributed by atoms with Crippen LogP contribution < -0.4 is 10.2 Å². The van der Waals surface area contributed by atoms with E-state index in [0.717, 1.165) is 60.8 Å². The molecule has 3 heterocycles. The van der Waals surface area contributed by atoms with E-state index in [0.29, 0.717) is 18.5 Å². The highest BCUT2D eigenvalue weighted by Gasteiger charge is 2.30. The molecule has 0 bridgehead atoms. The lowest BCUT2D eigenvalue weighted by Crippen LogP contribution is -2.42. The van der Waals surface area contributed by atoms with Crippen molar-refractivity contribution >= 4 is 29.5 Å². The fraction of sp³-hybridized carbons (Fsp3) is 0.267. The molecule has 0 saturated carbocycles. The Morgan fingerprint density at radius 1 is 0.889 bits per heavy atom. The summed E-state index contributed by atoms with van der Waals surface area (Å²) >= 11 is 0. The first-order chi connectivity index (χ1) is 17.7. The number of amides is 1. The smallest absolute Gasteiger partial charge is 0.259 e. The van der Waals surface area contributed by atoms with Gasteiger partial charge in [0.1, 0.15) is 0 Å². The van der Waals surface area contributed by atoms with Crippen molar-refractivity contribution < 1.29 is 9.63 Å². The van der Waals surface area contributed by atoms with Crippen molar-refractivity contribution in [3.63, 3.8) is 0 Å². The lowest BCUT2D eigenvalue weighted by molar-refractivity contribution is 0.0817. The number of anilines is 1. The summed E-state index contributed by atoms with van der Waals surface area (Å²) in [4.78, 5) is 23.9. The monoisotopic (exact) mass is 478 g/mol. The minimum atomic E-state index is -0.201. The van der Waals surface area contributed by atoms with Gasteiger partial charge in [-0.1, -0.05) is 78.0 Å². The topological polar surface area (TPSA) is 57.2 Å². The maximum Gasteiger partial charge on any atom is 0.259 e. The highest BCUT2D eigenvalue weighted by Crippen LogP contribution is 2.30. The molecule has 3 aromatic rings. The summed E-state index contributed by atoms with van der Waals surface area (Å²) in [6.45, 7) is 5.69. The van der Waals surface area contributed by atoms with Crippen LogP contribution in [0.3, 0.4) is 0 Å². The Morgan fingerprint density at radius 2 is 1.61 bits per heavy atom. The molecule has 36 heavy (non-hydrogen) atoms. The largest absolute Gasteiger partial charge is 0.390 e. The first-order valence-electron chi connectivity index (χ1n) is 12.7. The van der Waals surface area contributed by atoms with Gasteiger partial charge < -0.3 is 15.1 Å². The number of benzene rings is 3. The van der Waals surface area contributed by atoms with E-state index in [4.69, 9.17) is 4.84 Å². The van der Waals surface area contributed by atoms with Crippen molar-refractivity contribution in [2.75, 3.05) is 37.6 Å². The number of para-hydroxylation sites is 1. The van der Waals surface area contributed by atoms with Crippen molar-refractivity contribution in [1.29, 1.82) is 0 Å². The molecule has 0 aliphatic carbocycles. The third-order valence-corrected chi connectivity index (χ3v) is 7.13. The third-order valence-electron chi connectivity index (χ3n) is 7.13. The van der Waals surface area contributed by atoms with E-state index in [2.05, 4.69) is 45.7 Å². The van der Waals surface area contributed by atoms with E-state index >= 15 is 0 Å². The highest BCUT2D eigenvalue weighted by atomic mass is 16.6. The number of hydrogen-bond donors (Lipinski definition) is 1. The fourth-order valence-corrected chi connectivity index (χ4v) is 5.16. The second-order valence-corrected chi connectivity index (χ2v) is 9.59. The molecule has 3 aliphatic rings. The predicted octanol–water partition coefficient (Wildman–Crippen LogP) is 4.42. The molecule has 182 valence electrons. The Balaban J connectivity index is 1.17. The summed E-state index contributed by atoms with van der Waals surface area (Å²) in [5.74, 6) is -0.0169. The summed E-state index contributed by atoms with van der Waals surface area (Å²) in [5.41, 5.74) is 6.85. The van der Waals surface area contributed by atoms with Gasteiger partial charge in [-0.2, -0.15) is 0 Å². The maximum atomic E-state index is 13.7. The number of piperazine rings is 1. The molecule has 6 rings (SSSR count). The van der Waals surface area contributed by atoms with E-state index in [1.807, 2.05) is 59.5 Å². The molecule has 1 amide bonds. The predicted molar refractivity (Wildman–Crippen MR) is 144 cm³/mol. The Kier molecular flexibility index (Phi) is 6.36. The zero-order valence-corrected chi connectivity index (χ0v) is 20.3. The lowest BCUT2D eigenvalue weighted by atomic mass is 9.99. The molecule has 1 unspecified atom stereocenters. The molecule has 3 aromatic carbocycles. The van der Waals surface area contributed by atoms with Gasteiger partial charge in [-0.05, 0) is 34.4 Å². The van der Waals surface area contributed by atoms with Crippen LogP contribution in [0.5, 0.6) is 0 Å². The molecule has 1 fully saturated rings. The first-order valence-corrected chi connectivity index (χ1v) is 12.7. The van der Waals surface area contributed by atoms with Gasteiger partial charge >= 0.3 is 0 Å². The number of nitrogens with zero attached hydrogens (tertiary/aromatic N) is 3. The number of oxime groups is 1. The molecule has 3 aliphatic heterocycles. The fourth-order valence-electron chi connectivity index (χ4n) is 5.16. The van der Waals surface area contributed by atoms with Crippen LogP contribution >= 0.6 is 0 Å². The first kappa shape index (κ1) is 22.7. The lowest BCUT2D eigenvalue weighted by Gasteiger charge is -2.28. The van der Waals surface area contributed by atoms with E-state index in [1.165, 1.54) is 5.56 Å². The van der Waals surface area contributed by atoms with Gasteiger partial charge in [-0.25, -0.2) is 0 Å². The average Bonchev–Trinajstić information content (AvgIpc) is 3.40. The Bertz CT molecular complexity index is 1310. The van der Waals surface area contributed by atoms with E-state index in [1.54, 1.807) is 0 Å². The maximum absolute atomic E-state index is 13.7. The molecule has 0 aromatic heterocycles. The summed E-state index contributed by atoms with van der Waals surface area (Å²) in [6.07, 6.45) is 4.56. The van der Waals surface area contributed by atoms with E-state index in [9.17, 15) is 4.79 Å². The molecule has 6 nitrogen and oxygen atoms in total. The number of hydrogen-bond acceptors (Lipinski definition) is 5. The SMILES string of the molecule is O=C1c2ccccc2/C=C\c2ccccc2N1CC1CC(c2ccc(CN3CCNCC3)cc2)=NO1. The van der Waals surface area contributed by atoms with Crippen molar-refractivity contribution in [3.05, 3.63) is 101 Å². The number of carbonyl (C=O) groups is 1. The molecular formula is C30H30N4O2. The molecule has 1 N–H and O–H groups in total. The number of rotatable bonds is 5. The average molecular weight is 479 g/mol. The highest BCUT2D eigenvalue weighted by molar-refractivity contribution is 6.11. The Labute approximate surface area is 211 Å². The molecule has 1 atom stereocenters. The quantitative estimate of drug-likeness (QED) is 0.590. The third kappa shape index (κ3) is 4.70. The normalized spacial score (nSPS) is 20.6. The summed E-state index contributed by atoms with van der Waals surface area (Å²) in [7, 11) is 0. The zero-order chi connectivity index (χ0) is 24.3. The van der Waals surface area contributed by atoms with Crippen LogP contribution in [-0.2, 0) is 11.4 Å². The molecule has 6 heteroatoms. The molecular weight excluding hydrogens is 448 g/mol. The van der Waals surface area contributed by atoms with Crippen LogP contribution in [0.4, 0.5) is 5.69 Å². The van der Waals surface area contributed by atoms with E-state index in [-0.39, 0.29) is 12.0 Å². The van der Waals surface area contributed by atoms with E-state index < -0.39 is 0 Å². The van der Waals surface area contributed by atoms with Gasteiger partial charge in [0, 0.05) is 44.7 Å². The second kappa shape index (κ2) is 10.1. The molecule has 0 radical (unpaired) electrons. The van der Waals surface area contributed by atoms with Gasteiger partial charge in [0.2, 0.25) is 0 Å². The molecule has 1 saturated heterocycles. The summed E-state index contributed by atoms with van der Waals surface area (Å²) in [5, 5.41) is 7.81. The number of fused-ring (bicyclic) bond motifs is 2. The van der Waals surface area contributed by atoms with Gasteiger partial charge in [0.05, 0.1) is 17.9 Å². The van der Waals surface area contributed by atoms with Gasteiger partial charge in [0.25, 0.3) is 5.91 Å². The van der Waals surface area contributed by atoms with Gasteiger partial charge in [0.15, 0.2) is 6.10 Å². The van der Waals surface area contributed by atoms with Crippen LogP contribution in [0, 0.1) is 0 Å². The Hall–Kier alpha value is -3.74. The van der Waals surface area contributed by atoms with Crippen molar-refractivity contribution in [2.45, 2.75) is 19.1 Å². The summed E-state index contributed by atoms with van der Waals surface area (Å²) < 4.78 is 0. The van der Waals surface area contributed by atoms with Gasteiger partial charge in [-0.3, -0.25) is 9.69 Å². The standard InChI is InChI=1S/C30H30N4O2/c35-30-27-7-3-1-5-23(27)13-14-25-6-2-4-8-29(25)34(30)21-26-19-28(32-36-26)24-11-9-22(10-12-24)20-33-17-15-31-16-18-33/h1-14,26,31H,15-21H2/b14-13-. The van der Waals surface area contributed by atoms with Crippen LogP contribution in [0.25, 0.3) is 12.2 Å². The van der Waals surface area contributed by atoms with Crippen LogP contribution in [0.15, 0.2) is 78.0 Å². The zero-order valence-electron chi connectivity index (χ0n) is 20.3. The minimum absolute atomic E-state index is 0.0169. The van der Waals surface area contributed by atoms with Crippen LogP contribution in [0.1, 0.15) is 39.0 Å². The number of carbonyl (C=O) groups excluding carboxylic acids is 1. The summed E-state index contributed by atoms with van der Waals surface area (Å²) in [6, 6.07) is 24.4. The van der Waals surface area contributed by atoms with Crippen LogP contribution in [-0.4, -0.2) is 55.3 Å².